The van der Waals surface area contributed by atoms with Crippen LogP contribution in [0.3, 0.4) is 0 Å². The Balaban J connectivity index is 1.76. The zero-order valence-corrected chi connectivity index (χ0v) is 16.7. The van der Waals surface area contributed by atoms with Gasteiger partial charge in [0.25, 0.3) is 11.8 Å². The summed E-state index contributed by atoms with van der Waals surface area (Å²) >= 11 is 0. The van der Waals surface area contributed by atoms with E-state index < -0.39 is 11.8 Å². The number of hydrogen-bond acceptors (Lipinski definition) is 3. The predicted octanol–water partition coefficient (Wildman–Crippen LogP) is 5.63. The van der Waals surface area contributed by atoms with Crippen LogP contribution in [-0.4, -0.2) is 23.5 Å². The van der Waals surface area contributed by atoms with Gasteiger partial charge in [0.05, 0.1) is 17.7 Å². The molecule has 0 fully saturated rings. The van der Waals surface area contributed by atoms with E-state index in [1.807, 2.05) is 13.0 Å². The van der Waals surface area contributed by atoms with E-state index in [1.165, 1.54) is 16.7 Å². The maximum absolute atomic E-state index is 12.2. The molecule has 0 atom stereocenters. The van der Waals surface area contributed by atoms with Crippen molar-refractivity contribution in [2.24, 2.45) is 0 Å². The van der Waals surface area contributed by atoms with Crippen molar-refractivity contribution in [1.82, 2.24) is 5.06 Å². The Morgan fingerprint density at radius 2 is 1.37 bits per heavy atom. The molecule has 144 valence electrons. The summed E-state index contributed by atoms with van der Waals surface area (Å²) in [5, 5.41) is 0.863. The molecule has 0 N–H and O–H groups in total. The van der Waals surface area contributed by atoms with Gasteiger partial charge in [-0.1, -0.05) is 47.1 Å². The number of nitrogens with zero attached hydrogens (tertiary/aromatic N) is 1. The van der Waals surface area contributed by atoms with Crippen LogP contribution in [0.15, 0.2) is 59.2 Å². The number of fused-ring (bicyclic) bond motifs is 1. The van der Waals surface area contributed by atoms with E-state index in [-0.39, 0.29) is 6.61 Å². The number of rotatable bonds is 9. The maximum atomic E-state index is 12.2. The fourth-order valence-electron chi connectivity index (χ4n) is 2.88. The standard InChI is InChI=1S/C23H29NO3/c1-17(2)9-7-10-18(3)11-8-12-19(4)15-16-27-24-22(25)20-13-5-6-14-21(20)23(24)26/h5-6,9,11,13-15H,7-8,10,12,16H2,1-4H3. The van der Waals surface area contributed by atoms with Gasteiger partial charge in [0.1, 0.15) is 0 Å². The average Bonchev–Trinajstić information content (AvgIpc) is 2.86. The van der Waals surface area contributed by atoms with Gasteiger partial charge in [0.15, 0.2) is 0 Å². The molecule has 0 saturated carbocycles. The molecule has 27 heavy (non-hydrogen) atoms. The van der Waals surface area contributed by atoms with Gasteiger partial charge in [-0.25, -0.2) is 0 Å². The zero-order valence-electron chi connectivity index (χ0n) is 16.7. The van der Waals surface area contributed by atoms with E-state index in [2.05, 4.69) is 32.9 Å². The van der Waals surface area contributed by atoms with Crippen molar-refractivity contribution in [3.63, 3.8) is 0 Å². The maximum Gasteiger partial charge on any atom is 0.285 e. The molecule has 1 aromatic rings. The van der Waals surface area contributed by atoms with Gasteiger partial charge in [-0.15, -0.1) is 5.06 Å². The first-order valence-electron chi connectivity index (χ1n) is 9.45. The molecule has 0 spiro atoms. The number of amides is 2. The highest BCUT2D eigenvalue weighted by molar-refractivity contribution is 6.20. The van der Waals surface area contributed by atoms with Crippen LogP contribution in [0.4, 0.5) is 0 Å². The Bertz CT molecular complexity index is 748. The molecule has 2 rings (SSSR count). The smallest absolute Gasteiger partial charge is 0.266 e. The first-order chi connectivity index (χ1) is 12.9. The summed E-state index contributed by atoms with van der Waals surface area (Å²) in [4.78, 5) is 29.8. The number of hydroxylamine groups is 2. The third-order valence-electron chi connectivity index (χ3n) is 4.51. The second kappa shape index (κ2) is 10.0. The van der Waals surface area contributed by atoms with Crippen molar-refractivity contribution in [1.29, 1.82) is 0 Å². The highest BCUT2D eigenvalue weighted by Gasteiger charge is 2.36. The summed E-state index contributed by atoms with van der Waals surface area (Å²) in [6, 6.07) is 6.78. The van der Waals surface area contributed by atoms with Gasteiger partial charge in [-0.3, -0.25) is 14.4 Å². The van der Waals surface area contributed by atoms with Crippen molar-refractivity contribution < 1.29 is 14.4 Å². The molecule has 0 saturated heterocycles. The molecule has 0 unspecified atom stereocenters. The Labute approximate surface area is 162 Å². The molecule has 0 aromatic heterocycles. The average molecular weight is 367 g/mol. The van der Waals surface area contributed by atoms with Crippen molar-refractivity contribution in [2.45, 2.75) is 53.4 Å². The highest BCUT2D eigenvalue weighted by Crippen LogP contribution is 2.22. The van der Waals surface area contributed by atoms with Crippen molar-refractivity contribution in [3.05, 3.63) is 70.3 Å². The second-order valence-corrected chi connectivity index (χ2v) is 7.21. The van der Waals surface area contributed by atoms with Gasteiger partial charge in [0, 0.05) is 0 Å². The second-order valence-electron chi connectivity index (χ2n) is 7.21. The van der Waals surface area contributed by atoms with Gasteiger partial charge in [0.2, 0.25) is 0 Å². The van der Waals surface area contributed by atoms with Crippen LogP contribution < -0.4 is 0 Å². The minimum atomic E-state index is -0.392. The van der Waals surface area contributed by atoms with Crippen molar-refractivity contribution >= 4 is 11.8 Å². The molecular formula is C23H29NO3. The summed E-state index contributed by atoms with van der Waals surface area (Å²) in [7, 11) is 0. The Morgan fingerprint density at radius 1 is 0.852 bits per heavy atom. The van der Waals surface area contributed by atoms with E-state index in [0.717, 1.165) is 30.7 Å². The van der Waals surface area contributed by atoms with E-state index in [9.17, 15) is 9.59 Å². The monoisotopic (exact) mass is 367 g/mol. The largest absolute Gasteiger partial charge is 0.285 e. The lowest BCUT2D eigenvalue weighted by atomic mass is 10.1. The normalized spacial score (nSPS) is 14.6. The van der Waals surface area contributed by atoms with Crippen LogP contribution in [-0.2, 0) is 4.84 Å². The Kier molecular flexibility index (Phi) is 7.74. The molecular weight excluding hydrogens is 338 g/mol. The highest BCUT2D eigenvalue weighted by atomic mass is 16.7. The van der Waals surface area contributed by atoms with Gasteiger partial charge in [-0.05, 0) is 65.5 Å². The predicted molar refractivity (Wildman–Crippen MR) is 108 cm³/mol. The van der Waals surface area contributed by atoms with Crippen LogP contribution in [0.5, 0.6) is 0 Å². The number of allylic oxidation sites excluding steroid dienone is 5. The molecule has 1 aliphatic heterocycles. The molecule has 1 aromatic carbocycles. The molecule has 0 bridgehead atoms. The van der Waals surface area contributed by atoms with Gasteiger partial charge in [-0.2, -0.15) is 0 Å². The Morgan fingerprint density at radius 3 is 1.93 bits per heavy atom. The Hall–Kier alpha value is -2.46. The van der Waals surface area contributed by atoms with Crippen LogP contribution in [0.2, 0.25) is 0 Å². The minimum Gasteiger partial charge on any atom is -0.266 e. The molecule has 1 aliphatic rings. The van der Waals surface area contributed by atoms with Crippen molar-refractivity contribution in [2.75, 3.05) is 6.61 Å². The molecule has 2 amide bonds. The molecule has 0 radical (unpaired) electrons. The van der Waals surface area contributed by atoms with Gasteiger partial charge < -0.3 is 0 Å². The number of carbonyl (C=O) groups excluding carboxylic acids is 2. The van der Waals surface area contributed by atoms with E-state index in [4.69, 9.17) is 4.84 Å². The third kappa shape index (κ3) is 6.04. The minimum absolute atomic E-state index is 0.209. The summed E-state index contributed by atoms with van der Waals surface area (Å²) in [6.07, 6.45) is 10.6. The molecule has 1 heterocycles. The summed E-state index contributed by atoms with van der Waals surface area (Å²) in [6.45, 7) is 8.66. The van der Waals surface area contributed by atoms with E-state index >= 15 is 0 Å². The first-order valence-corrected chi connectivity index (χ1v) is 9.45. The summed E-state index contributed by atoms with van der Waals surface area (Å²) < 4.78 is 0. The lowest BCUT2D eigenvalue weighted by molar-refractivity contribution is -0.0803. The van der Waals surface area contributed by atoms with Crippen molar-refractivity contribution in [3.8, 4) is 0 Å². The molecule has 0 aliphatic carbocycles. The quantitative estimate of drug-likeness (QED) is 0.419. The van der Waals surface area contributed by atoms with Crippen LogP contribution in [0.1, 0.15) is 74.1 Å². The third-order valence-corrected chi connectivity index (χ3v) is 4.51. The summed E-state index contributed by atoms with van der Waals surface area (Å²) in [5.41, 5.74) is 4.75. The molecule has 4 heteroatoms. The van der Waals surface area contributed by atoms with Crippen LogP contribution in [0, 0.1) is 0 Å². The van der Waals surface area contributed by atoms with Crippen LogP contribution >= 0.6 is 0 Å². The fraction of sp³-hybridized carbons (Fsp3) is 0.391. The number of benzene rings is 1. The van der Waals surface area contributed by atoms with E-state index in [1.54, 1.807) is 24.3 Å². The summed E-state index contributed by atoms with van der Waals surface area (Å²) in [5.74, 6) is -0.784. The SMILES string of the molecule is CC(C)=CCCC(C)=CCCC(C)=CCON1C(=O)c2ccccc2C1=O. The zero-order chi connectivity index (χ0) is 19.8. The van der Waals surface area contributed by atoms with Crippen LogP contribution in [0.25, 0.3) is 0 Å². The fourth-order valence-corrected chi connectivity index (χ4v) is 2.88. The van der Waals surface area contributed by atoms with Gasteiger partial charge >= 0.3 is 0 Å². The van der Waals surface area contributed by atoms with E-state index in [0.29, 0.717) is 11.1 Å². The number of carbonyl (C=O) groups is 2. The topological polar surface area (TPSA) is 46.6 Å². The lowest BCUT2D eigenvalue weighted by Gasteiger charge is -2.12. The number of imide groups is 1. The lowest BCUT2D eigenvalue weighted by Crippen LogP contribution is -2.30. The molecule has 4 nitrogen and oxygen atoms in total. The number of hydrogen-bond donors (Lipinski definition) is 0. The first kappa shape index (κ1) is 20.8.